The van der Waals surface area contributed by atoms with E-state index in [0.717, 1.165) is 22.5 Å². The topological polar surface area (TPSA) is 63.9 Å². The molecule has 0 fully saturated rings. The van der Waals surface area contributed by atoms with Crippen molar-refractivity contribution in [3.05, 3.63) is 84.7 Å². The second kappa shape index (κ2) is 8.92. The number of aryl methyl sites for hydroxylation is 1. The van der Waals surface area contributed by atoms with Gasteiger partial charge in [0.25, 0.3) is 0 Å². The van der Waals surface area contributed by atoms with Gasteiger partial charge in [-0.3, -0.25) is 14.3 Å². The van der Waals surface area contributed by atoms with Crippen molar-refractivity contribution in [1.82, 2.24) is 19.7 Å². The molecule has 0 aliphatic carbocycles. The summed E-state index contributed by atoms with van der Waals surface area (Å²) in [5.41, 5.74) is 3.80. The molecule has 6 nitrogen and oxygen atoms in total. The highest BCUT2D eigenvalue weighted by Crippen LogP contribution is 2.29. The average molecular weight is 416 g/mol. The molecule has 2 aromatic heterocycles. The Morgan fingerprint density at radius 1 is 1.00 bits per heavy atom. The van der Waals surface area contributed by atoms with Crippen molar-refractivity contribution < 1.29 is 4.79 Å². The van der Waals surface area contributed by atoms with Crippen molar-refractivity contribution >= 4 is 23.4 Å². The van der Waals surface area contributed by atoms with E-state index in [1.54, 1.807) is 24.3 Å². The molecule has 0 aliphatic heterocycles. The second-order valence-corrected chi connectivity index (χ2v) is 7.69. The van der Waals surface area contributed by atoms with Crippen molar-refractivity contribution in [3.8, 4) is 17.1 Å². The number of amides is 1. The highest BCUT2D eigenvalue weighted by atomic mass is 32.2. The molecular weight excluding hydrogens is 394 g/mol. The van der Waals surface area contributed by atoms with E-state index < -0.39 is 0 Å². The summed E-state index contributed by atoms with van der Waals surface area (Å²) in [6.07, 6.45) is 3.49. The van der Waals surface area contributed by atoms with E-state index >= 15 is 0 Å². The van der Waals surface area contributed by atoms with Crippen LogP contribution in [0.3, 0.4) is 0 Å². The van der Waals surface area contributed by atoms with Gasteiger partial charge < -0.3 is 4.90 Å². The largest absolute Gasteiger partial charge is 0.315 e. The minimum absolute atomic E-state index is 0.00605. The van der Waals surface area contributed by atoms with Crippen LogP contribution in [0.4, 0.5) is 5.69 Å². The van der Waals surface area contributed by atoms with E-state index in [4.69, 9.17) is 0 Å². The molecule has 2 aromatic carbocycles. The molecule has 150 valence electrons. The van der Waals surface area contributed by atoms with Crippen molar-refractivity contribution in [2.45, 2.75) is 12.1 Å². The molecule has 4 aromatic rings. The number of aromatic nitrogens is 4. The molecule has 0 aliphatic rings. The second-order valence-electron chi connectivity index (χ2n) is 6.75. The molecule has 0 bridgehead atoms. The lowest BCUT2D eigenvalue weighted by Gasteiger charge is -2.17. The van der Waals surface area contributed by atoms with E-state index in [-0.39, 0.29) is 11.7 Å². The van der Waals surface area contributed by atoms with Crippen LogP contribution in [0.15, 0.2) is 84.3 Å². The molecule has 0 saturated carbocycles. The van der Waals surface area contributed by atoms with Crippen molar-refractivity contribution in [2.75, 3.05) is 17.7 Å². The third kappa shape index (κ3) is 4.11. The minimum atomic E-state index is -0.00605. The molecule has 0 radical (unpaired) electrons. The number of carbonyl (C=O) groups is 1. The molecule has 30 heavy (non-hydrogen) atoms. The van der Waals surface area contributed by atoms with Gasteiger partial charge in [-0.25, -0.2) is 0 Å². The Morgan fingerprint density at radius 2 is 1.77 bits per heavy atom. The van der Waals surface area contributed by atoms with Crippen molar-refractivity contribution in [1.29, 1.82) is 0 Å². The first-order valence-corrected chi connectivity index (χ1v) is 10.5. The Bertz CT molecular complexity index is 1140. The van der Waals surface area contributed by atoms with Gasteiger partial charge in [-0.15, -0.1) is 10.2 Å². The molecule has 0 spiro atoms. The van der Waals surface area contributed by atoms with Gasteiger partial charge in [-0.1, -0.05) is 48.2 Å². The molecule has 4 rings (SSSR count). The lowest BCUT2D eigenvalue weighted by atomic mass is 10.2. The van der Waals surface area contributed by atoms with Gasteiger partial charge in [0.05, 0.1) is 11.4 Å². The van der Waals surface area contributed by atoms with Gasteiger partial charge in [0.1, 0.15) is 0 Å². The predicted molar refractivity (Wildman–Crippen MR) is 120 cm³/mol. The number of pyridine rings is 1. The summed E-state index contributed by atoms with van der Waals surface area (Å²) in [6.45, 7) is 2.05. The number of carbonyl (C=O) groups excluding carboxylic acids is 1. The number of hydrogen-bond donors (Lipinski definition) is 0. The maximum absolute atomic E-state index is 12.7. The Kier molecular flexibility index (Phi) is 5.90. The highest BCUT2D eigenvalue weighted by molar-refractivity contribution is 7.99. The molecule has 2 heterocycles. The minimum Gasteiger partial charge on any atom is -0.315 e. The van der Waals surface area contributed by atoms with Crippen LogP contribution in [0.2, 0.25) is 0 Å². The summed E-state index contributed by atoms with van der Waals surface area (Å²) in [6, 6.07) is 21.5. The lowest BCUT2D eigenvalue weighted by molar-refractivity contribution is -0.115. The SMILES string of the molecule is Cc1ccccc1-n1c(SCC(=O)N(C)c2ccccc2)nnc1-c1cccnc1. The number of para-hydroxylation sites is 2. The van der Waals surface area contributed by atoms with Crippen molar-refractivity contribution in [2.24, 2.45) is 0 Å². The van der Waals surface area contributed by atoms with Crippen LogP contribution < -0.4 is 4.90 Å². The molecule has 1 amide bonds. The van der Waals surface area contributed by atoms with E-state index in [2.05, 4.69) is 15.2 Å². The predicted octanol–water partition coefficient (Wildman–Crippen LogP) is 4.39. The fourth-order valence-electron chi connectivity index (χ4n) is 3.10. The molecule has 0 N–H and O–H groups in total. The lowest BCUT2D eigenvalue weighted by Crippen LogP contribution is -2.27. The van der Waals surface area contributed by atoms with Crippen molar-refractivity contribution in [3.63, 3.8) is 0 Å². The summed E-state index contributed by atoms with van der Waals surface area (Å²) in [5.74, 6) is 0.944. The molecule has 7 heteroatoms. The summed E-state index contributed by atoms with van der Waals surface area (Å²) in [5, 5.41) is 9.47. The quantitative estimate of drug-likeness (QED) is 0.437. The monoisotopic (exact) mass is 415 g/mol. The fraction of sp³-hybridized carbons (Fsp3) is 0.130. The van der Waals surface area contributed by atoms with Crippen LogP contribution in [0.1, 0.15) is 5.56 Å². The van der Waals surface area contributed by atoms with Gasteiger partial charge in [0, 0.05) is 30.7 Å². The third-order valence-electron chi connectivity index (χ3n) is 4.75. The normalized spacial score (nSPS) is 10.7. The van der Waals surface area contributed by atoms with Crippen LogP contribution in [0, 0.1) is 6.92 Å². The highest BCUT2D eigenvalue weighted by Gasteiger charge is 2.19. The zero-order chi connectivity index (χ0) is 20.9. The third-order valence-corrected chi connectivity index (χ3v) is 5.67. The first kappa shape index (κ1) is 19.8. The first-order valence-electron chi connectivity index (χ1n) is 9.51. The molecule has 0 unspecified atom stereocenters. The van der Waals surface area contributed by atoms with Crippen LogP contribution in [0.25, 0.3) is 17.1 Å². The van der Waals surface area contributed by atoms with E-state index in [1.807, 2.05) is 78.2 Å². The van der Waals surface area contributed by atoms with Crippen LogP contribution in [-0.2, 0) is 4.79 Å². The molecular formula is C23H21N5OS. The number of benzene rings is 2. The van der Waals surface area contributed by atoms with Gasteiger partial charge in [-0.05, 0) is 42.8 Å². The fourth-order valence-corrected chi connectivity index (χ4v) is 3.95. The Hall–Kier alpha value is -3.45. The Balaban J connectivity index is 1.65. The summed E-state index contributed by atoms with van der Waals surface area (Å²) >= 11 is 1.37. The molecule has 0 saturated heterocycles. The number of thioether (sulfide) groups is 1. The van der Waals surface area contributed by atoms with E-state index in [9.17, 15) is 4.79 Å². The summed E-state index contributed by atoms with van der Waals surface area (Å²) in [7, 11) is 1.78. The van der Waals surface area contributed by atoms with Crippen LogP contribution in [0.5, 0.6) is 0 Å². The first-order chi connectivity index (χ1) is 14.6. The zero-order valence-corrected chi connectivity index (χ0v) is 17.6. The van der Waals surface area contributed by atoms with Gasteiger partial charge >= 0.3 is 0 Å². The average Bonchev–Trinajstić information content (AvgIpc) is 3.22. The van der Waals surface area contributed by atoms with Gasteiger partial charge in [0.2, 0.25) is 5.91 Å². The smallest absolute Gasteiger partial charge is 0.237 e. The zero-order valence-electron chi connectivity index (χ0n) is 16.8. The van der Waals surface area contributed by atoms with Gasteiger partial charge in [-0.2, -0.15) is 0 Å². The van der Waals surface area contributed by atoms with E-state index in [0.29, 0.717) is 11.0 Å². The Morgan fingerprint density at radius 3 is 2.50 bits per heavy atom. The maximum Gasteiger partial charge on any atom is 0.237 e. The van der Waals surface area contributed by atoms with Crippen LogP contribution >= 0.6 is 11.8 Å². The summed E-state index contributed by atoms with van der Waals surface area (Å²) in [4.78, 5) is 18.6. The number of rotatable bonds is 6. The standard InChI is InChI=1S/C23H21N5OS/c1-17-9-6-7-13-20(17)28-22(18-10-8-14-24-15-18)25-26-23(28)30-16-21(29)27(2)19-11-4-3-5-12-19/h3-15H,16H2,1-2H3. The number of hydrogen-bond acceptors (Lipinski definition) is 5. The van der Waals surface area contributed by atoms with Crippen LogP contribution in [-0.4, -0.2) is 38.5 Å². The summed E-state index contributed by atoms with van der Waals surface area (Å²) < 4.78 is 1.99. The maximum atomic E-state index is 12.7. The molecule has 0 atom stereocenters. The van der Waals surface area contributed by atoms with Gasteiger partial charge in [0.15, 0.2) is 11.0 Å². The number of nitrogens with zero attached hydrogens (tertiary/aromatic N) is 5. The number of anilines is 1. The van der Waals surface area contributed by atoms with E-state index in [1.165, 1.54) is 11.8 Å². The Labute approximate surface area is 179 Å².